The lowest BCUT2D eigenvalue weighted by molar-refractivity contribution is 0.0892. The Labute approximate surface area is 107 Å². The number of amides is 1. The van der Waals surface area contributed by atoms with Crippen molar-refractivity contribution >= 4 is 5.91 Å². The number of nitrogens with one attached hydrogen (secondary N) is 1. The quantitative estimate of drug-likeness (QED) is 0.895. The molecule has 2 aliphatic rings. The summed E-state index contributed by atoms with van der Waals surface area (Å²) in [6, 6.07) is 3.66. The van der Waals surface area contributed by atoms with Crippen LogP contribution in [0.1, 0.15) is 42.7 Å². The van der Waals surface area contributed by atoms with E-state index in [1.54, 1.807) is 12.1 Å². The molecule has 3 rings (SSSR count). The lowest BCUT2D eigenvalue weighted by atomic mass is 9.97. The number of carbonyl (C=O) groups is 1. The van der Waals surface area contributed by atoms with Crippen molar-refractivity contribution in [2.75, 3.05) is 7.11 Å². The van der Waals surface area contributed by atoms with Crippen LogP contribution in [0.3, 0.4) is 0 Å². The minimum absolute atomic E-state index is 0.115. The number of methoxy groups -OCH3 is 1. The van der Waals surface area contributed by atoms with Gasteiger partial charge in [-0.1, -0.05) is 12.8 Å². The van der Waals surface area contributed by atoms with Crippen LogP contribution < -0.4 is 10.1 Å². The van der Waals surface area contributed by atoms with Gasteiger partial charge in [-0.05, 0) is 37.2 Å². The maximum absolute atomic E-state index is 12.1. The molecule has 0 aromatic carbocycles. The van der Waals surface area contributed by atoms with Crippen LogP contribution in [0.4, 0.5) is 0 Å². The number of rotatable bonds is 3. The van der Waals surface area contributed by atoms with E-state index in [-0.39, 0.29) is 5.91 Å². The third-order valence-corrected chi connectivity index (χ3v) is 4.41. The molecule has 98 valence electrons. The van der Waals surface area contributed by atoms with Crippen LogP contribution in [0.25, 0.3) is 0 Å². The molecule has 0 aliphatic heterocycles. The molecule has 0 saturated heterocycles. The summed E-state index contributed by atoms with van der Waals surface area (Å²) in [6.45, 7) is 0. The molecule has 3 atom stereocenters. The van der Waals surface area contributed by atoms with Crippen molar-refractivity contribution in [3.05, 3.63) is 17.9 Å². The van der Waals surface area contributed by atoms with Crippen molar-refractivity contribution in [3.8, 4) is 5.95 Å². The lowest BCUT2D eigenvalue weighted by Gasteiger charge is -2.19. The topological polar surface area (TPSA) is 51.5 Å². The smallest absolute Gasteiger partial charge is 0.287 e. The molecule has 2 fully saturated rings. The first kappa shape index (κ1) is 11.6. The number of hydrogen-bond acceptors (Lipinski definition) is 3. The van der Waals surface area contributed by atoms with Crippen molar-refractivity contribution in [2.45, 2.75) is 38.1 Å². The fraction of sp³-hybridized carbons (Fsp3) is 0.643. The van der Waals surface area contributed by atoms with E-state index in [0.717, 1.165) is 12.3 Å². The summed E-state index contributed by atoms with van der Waals surface area (Å²) in [5, 5.41) is 3.12. The van der Waals surface area contributed by atoms with Gasteiger partial charge in [0.1, 0.15) is 0 Å². The summed E-state index contributed by atoms with van der Waals surface area (Å²) in [7, 11) is 1.53. The second-order valence-electron chi connectivity index (χ2n) is 5.33. The van der Waals surface area contributed by atoms with E-state index in [2.05, 4.69) is 5.32 Å². The Morgan fingerprint density at radius 2 is 2.22 bits per heavy atom. The van der Waals surface area contributed by atoms with Gasteiger partial charge in [0.2, 0.25) is 0 Å². The van der Waals surface area contributed by atoms with Crippen molar-refractivity contribution in [1.29, 1.82) is 0 Å². The normalized spacial score (nSPS) is 30.2. The van der Waals surface area contributed by atoms with Crippen molar-refractivity contribution in [2.24, 2.45) is 11.8 Å². The molecule has 0 spiro atoms. The first-order valence-electron chi connectivity index (χ1n) is 6.72. The molecule has 0 bridgehead atoms. The number of carbonyl (C=O) groups excluding carboxylic acids is 1. The summed E-state index contributed by atoms with van der Waals surface area (Å²) >= 11 is 0. The molecule has 1 N–H and O–H groups in total. The third kappa shape index (κ3) is 2.00. The van der Waals surface area contributed by atoms with Crippen LogP contribution in [0, 0.1) is 11.8 Å². The SMILES string of the molecule is COc1ccc(C(=O)N[C@H]2CC[C@@H]3CCC[C@@H]32)o1. The molecule has 1 amide bonds. The summed E-state index contributed by atoms with van der Waals surface area (Å²) in [5.74, 6) is 2.13. The molecule has 1 aromatic rings. The highest BCUT2D eigenvalue weighted by Gasteiger charge is 2.39. The van der Waals surface area contributed by atoms with Crippen LogP contribution in [-0.2, 0) is 0 Å². The van der Waals surface area contributed by atoms with Crippen molar-refractivity contribution in [3.63, 3.8) is 0 Å². The highest BCUT2D eigenvalue weighted by molar-refractivity contribution is 5.91. The maximum Gasteiger partial charge on any atom is 0.287 e. The summed E-state index contributed by atoms with van der Waals surface area (Å²) in [6.07, 6.45) is 6.29. The first-order chi connectivity index (χ1) is 8.78. The van der Waals surface area contributed by atoms with Crippen LogP contribution >= 0.6 is 0 Å². The predicted molar refractivity (Wildman–Crippen MR) is 66.6 cm³/mol. The first-order valence-corrected chi connectivity index (χ1v) is 6.72. The van der Waals surface area contributed by atoms with Gasteiger partial charge >= 0.3 is 0 Å². The zero-order valence-electron chi connectivity index (χ0n) is 10.6. The summed E-state index contributed by atoms with van der Waals surface area (Å²) in [5.41, 5.74) is 0. The second-order valence-corrected chi connectivity index (χ2v) is 5.33. The number of hydrogen-bond donors (Lipinski definition) is 1. The zero-order valence-corrected chi connectivity index (χ0v) is 10.6. The Morgan fingerprint density at radius 1 is 1.33 bits per heavy atom. The Kier molecular flexibility index (Phi) is 3.02. The van der Waals surface area contributed by atoms with Gasteiger partial charge in [0.25, 0.3) is 11.9 Å². The number of ether oxygens (including phenoxy) is 1. The molecule has 18 heavy (non-hydrogen) atoms. The lowest BCUT2D eigenvalue weighted by Crippen LogP contribution is -2.37. The van der Waals surface area contributed by atoms with E-state index in [1.807, 2.05) is 0 Å². The average molecular weight is 249 g/mol. The Hall–Kier alpha value is -1.45. The van der Waals surface area contributed by atoms with E-state index < -0.39 is 0 Å². The summed E-state index contributed by atoms with van der Waals surface area (Å²) < 4.78 is 10.2. The van der Waals surface area contributed by atoms with Gasteiger partial charge in [-0.2, -0.15) is 0 Å². The van der Waals surface area contributed by atoms with E-state index in [9.17, 15) is 4.79 Å². The standard InChI is InChI=1S/C14H19NO3/c1-17-13-8-7-12(18-13)14(16)15-11-6-5-9-3-2-4-10(9)11/h7-11H,2-6H2,1H3,(H,15,16)/t9-,10-,11-/m0/s1. The Morgan fingerprint density at radius 3 is 3.00 bits per heavy atom. The monoisotopic (exact) mass is 249 g/mol. The Balaban J connectivity index is 1.64. The van der Waals surface area contributed by atoms with E-state index in [4.69, 9.17) is 9.15 Å². The second kappa shape index (κ2) is 4.67. The minimum Gasteiger partial charge on any atom is -0.468 e. The van der Waals surface area contributed by atoms with Crippen molar-refractivity contribution in [1.82, 2.24) is 5.32 Å². The van der Waals surface area contributed by atoms with Crippen LogP contribution in [-0.4, -0.2) is 19.1 Å². The van der Waals surface area contributed by atoms with Gasteiger partial charge in [-0.15, -0.1) is 0 Å². The van der Waals surface area contributed by atoms with Gasteiger partial charge < -0.3 is 14.5 Å². The van der Waals surface area contributed by atoms with Gasteiger partial charge in [-0.3, -0.25) is 4.79 Å². The molecule has 0 radical (unpaired) electrons. The summed E-state index contributed by atoms with van der Waals surface area (Å²) in [4.78, 5) is 12.1. The largest absolute Gasteiger partial charge is 0.468 e. The van der Waals surface area contributed by atoms with Gasteiger partial charge in [0, 0.05) is 12.1 Å². The van der Waals surface area contributed by atoms with Gasteiger partial charge in [-0.25, -0.2) is 0 Å². The van der Waals surface area contributed by atoms with Crippen LogP contribution in [0.2, 0.25) is 0 Å². The van der Waals surface area contributed by atoms with E-state index in [1.165, 1.54) is 32.8 Å². The molecule has 2 aliphatic carbocycles. The molecular weight excluding hydrogens is 230 g/mol. The highest BCUT2D eigenvalue weighted by Crippen LogP contribution is 2.44. The maximum atomic E-state index is 12.1. The third-order valence-electron chi connectivity index (χ3n) is 4.41. The minimum atomic E-state index is -0.115. The predicted octanol–water partition coefficient (Wildman–Crippen LogP) is 2.60. The molecule has 0 unspecified atom stereocenters. The molecular formula is C14H19NO3. The highest BCUT2D eigenvalue weighted by atomic mass is 16.6. The fourth-order valence-corrected chi connectivity index (χ4v) is 3.53. The number of furan rings is 1. The van der Waals surface area contributed by atoms with Gasteiger partial charge in [0.05, 0.1) is 7.11 Å². The van der Waals surface area contributed by atoms with E-state index in [0.29, 0.717) is 23.7 Å². The molecule has 1 aromatic heterocycles. The van der Waals surface area contributed by atoms with Gasteiger partial charge in [0.15, 0.2) is 5.76 Å². The zero-order chi connectivity index (χ0) is 12.5. The number of fused-ring (bicyclic) bond motifs is 1. The molecule has 2 saturated carbocycles. The van der Waals surface area contributed by atoms with Crippen molar-refractivity contribution < 1.29 is 13.9 Å². The average Bonchev–Trinajstić information content (AvgIpc) is 3.05. The van der Waals surface area contributed by atoms with Crippen LogP contribution in [0.5, 0.6) is 5.95 Å². The van der Waals surface area contributed by atoms with E-state index >= 15 is 0 Å². The molecule has 4 nitrogen and oxygen atoms in total. The molecule has 4 heteroatoms. The Bertz CT molecular complexity index is 440. The molecule has 1 heterocycles. The van der Waals surface area contributed by atoms with Crippen LogP contribution in [0.15, 0.2) is 16.5 Å². The fourth-order valence-electron chi connectivity index (χ4n) is 3.53.